The maximum absolute atomic E-state index is 2.55. The van der Waals surface area contributed by atoms with Gasteiger partial charge in [-0.25, -0.2) is 0 Å². The second-order valence-electron chi connectivity index (χ2n) is 13.8. The summed E-state index contributed by atoms with van der Waals surface area (Å²) in [4.78, 5) is 0. The summed E-state index contributed by atoms with van der Waals surface area (Å²) in [6.45, 7) is 15.5. The first-order chi connectivity index (χ1) is 15.2. The van der Waals surface area contributed by atoms with Crippen LogP contribution in [-0.4, -0.2) is 127 Å². The van der Waals surface area contributed by atoms with Gasteiger partial charge < -0.3 is 17.9 Å². The fourth-order valence-corrected chi connectivity index (χ4v) is 5.10. The normalized spacial score (nSPS) is 16.5. The standard InChI is InChI=1S/C29H68N4/c1-11-13-24-32(9,26-19-15-17-22-30(3,4)5)28-21-29-33(10,25-14-12-2)27-20-16-18-23-31(6,7)8/h11-29H2,1-10H3/q+4. The summed E-state index contributed by atoms with van der Waals surface area (Å²) in [7, 11) is 19.0. The molecule has 0 saturated carbocycles. The average Bonchev–Trinajstić information content (AvgIpc) is 2.69. The largest absolute Gasteiger partial charge is 0.331 e. The Balaban J connectivity index is 4.62. The van der Waals surface area contributed by atoms with Crippen molar-refractivity contribution >= 4 is 0 Å². The van der Waals surface area contributed by atoms with Crippen LogP contribution in [0.2, 0.25) is 0 Å². The van der Waals surface area contributed by atoms with Crippen LogP contribution in [-0.2, 0) is 0 Å². The molecule has 2 atom stereocenters. The zero-order valence-corrected chi connectivity index (χ0v) is 25.2. The van der Waals surface area contributed by atoms with Crippen molar-refractivity contribution in [2.24, 2.45) is 0 Å². The second kappa shape index (κ2) is 16.5. The molecule has 2 unspecified atom stereocenters. The molecule has 0 aromatic carbocycles. The van der Waals surface area contributed by atoms with E-state index in [1.54, 1.807) is 0 Å². The van der Waals surface area contributed by atoms with Crippen LogP contribution in [0.25, 0.3) is 0 Å². The SMILES string of the molecule is CCCC[N+](C)(CCCCC[N+](C)(C)C)CCC[N+](C)(CCCC)CCCCC[N+](C)(C)C. The van der Waals surface area contributed by atoms with Gasteiger partial charge in [0.2, 0.25) is 0 Å². The summed E-state index contributed by atoms with van der Waals surface area (Å²) in [5.74, 6) is 0. The maximum Gasteiger partial charge on any atom is 0.0838 e. The summed E-state index contributed by atoms with van der Waals surface area (Å²) < 4.78 is 4.81. The van der Waals surface area contributed by atoms with Gasteiger partial charge >= 0.3 is 0 Å². The molecule has 0 saturated heterocycles. The van der Waals surface area contributed by atoms with Gasteiger partial charge in [-0.2, -0.15) is 0 Å². The predicted octanol–water partition coefficient (Wildman–Crippen LogP) is 5.62. The van der Waals surface area contributed by atoms with Crippen LogP contribution in [0.3, 0.4) is 0 Å². The van der Waals surface area contributed by atoms with Gasteiger partial charge in [-0.3, -0.25) is 0 Å². The molecule has 0 aliphatic rings. The van der Waals surface area contributed by atoms with Gasteiger partial charge in [0, 0.05) is 6.42 Å². The van der Waals surface area contributed by atoms with Crippen LogP contribution >= 0.6 is 0 Å². The zero-order valence-electron chi connectivity index (χ0n) is 25.2. The summed E-state index contributed by atoms with van der Waals surface area (Å²) in [5, 5.41) is 0. The molecule has 0 amide bonds. The molecule has 0 radical (unpaired) electrons. The Morgan fingerprint density at radius 3 is 0.879 bits per heavy atom. The highest BCUT2D eigenvalue weighted by Crippen LogP contribution is 2.16. The van der Waals surface area contributed by atoms with E-state index in [0.717, 1.165) is 8.97 Å². The molecule has 0 fully saturated rings. The third kappa shape index (κ3) is 19.8. The van der Waals surface area contributed by atoms with Crippen molar-refractivity contribution in [1.29, 1.82) is 0 Å². The highest BCUT2D eigenvalue weighted by molar-refractivity contribution is 4.50. The minimum absolute atomic E-state index is 1.10. The van der Waals surface area contributed by atoms with E-state index in [0.29, 0.717) is 0 Å². The smallest absolute Gasteiger partial charge is 0.0838 e. The van der Waals surface area contributed by atoms with Crippen molar-refractivity contribution in [2.75, 3.05) is 109 Å². The lowest BCUT2D eigenvalue weighted by Gasteiger charge is -2.38. The Kier molecular flexibility index (Phi) is 16.4. The van der Waals surface area contributed by atoms with E-state index in [1.807, 2.05) is 0 Å². The lowest BCUT2D eigenvalue weighted by Crippen LogP contribution is -2.50. The third-order valence-electron chi connectivity index (χ3n) is 7.55. The minimum Gasteiger partial charge on any atom is -0.331 e. The van der Waals surface area contributed by atoms with Crippen LogP contribution in [0.1, 0.15) is 84.5 Å². The number of rotatable bonds is 22. The predicted molar refractivity (Wildman–Crippen MR) is 150 cm³/mol. The molecule has 0 N–H and O–H groups in total. The number of hydrogen-bond acceptors (Lipinski definition) is 0. The van der Waals surface area contributed by atoms with E-state index in [2.05, 4.69) is 70.2 Å². The zero-order chi connectivity index (χ0) is 25.4. The topological polar surface area (TPSA) is 0 Å². The Morgan fingerprint density at radius 2 is 0.576 bits per heavy atom. The Hall–Kier alpha value is -0.160. The number of quaternary nitrogens is 4. The van der Waals surface area contributed by atoms with Crippen LogP contribution in [0, 0.1) is 0 Å². The van der Waals surface area contributed by atoms with Crippen LogP contribution in [0.5, 0.6) is 0 Å². The van der Waals surface area contributed by atoms with Gasteiger partial charge in [-0.1, -0.05) is 26.7 Å². The van der Waals surface area contributed by atoms with E-state index in [-0.39, 0.29) is 0 Å². The van der Waals surface area contributed by atoms with E-state index >= 15 is 0 Å². The molecule has 4 nitrogen and oxygen atoms in total. The molecular weight excluding hydrogens is 404 g/mol. The lowest BCUT2D eigenvalue weighted by atomic mass is 10.1. The molecule has 0 aliphatic heterocycles. The van der Waals surface area contributed by atoms with Gasteiger partial charge in [-0.15, -0.1) is 0 Å². The fraction of sp³-hybridized carbons (Fsp3) is 1.00. The van der Waals surface area contributed by atoms with Crippen molar-refractivity contribution < 1.29 is 17.9 Å². The van der Waals surface area contributed by atoms with E-state index in [9.17, 15) is 0 Å². The molecule has 0 bridgehead atoms. The summed E-state index contributed by atoms with van der Waals surface area (Å²) in [6.07, 6.45) is 15.1. The second-order valence-corrected chi connectivity index (χ2v) is 13.8. The van der Waals surface area contributed by atoms with E-state index < -0.39 is 0 Å². The average molecular weight is 473 g/mol. The van der Waals surface area contributed by atoms with Crippen molar-refractivity contribution in [3.63, 3.8) is 0 Å². The highest BCUT2D eigenvalue weighted by atomic mass is 15.4. The molecule has 0 spiro atoms. The van der Waals surface area contributed by atoms with Gasteiger partial charge in [-0.05, 0) is 51.4 Å². The Labute approximate surface area is 211 Å². The van der Waals surface area contributed by atoms with Gasteiger partial charge in [0.1, 0.15) is 0 Å². The monoisotopic (exact) mass is 473 g/mol. The maximum atomic E-state index is 2.55. The molecule has 0 aromatic rings. The molecule has 200 valence electrons. The van der Waals surface area contributed by atoms with Crippen molar-refractivity contribution in [3.05, 3.63) is 0 Å². The Bertz CT molecular complexity index is 423. The fourth-order valence-electron chi connectivity index (χ4n) is 5.10. The first-order valence-electron chi connectivity index (χ1n) is 14.5. The molecule has 0 heterocycles. The first kappa shape index (κ1) is 32.8. The van der Waals surface area contributed by atoms with Crippen molar-refractivity contribution in [1.82, 2.24) is 0 Å². The van der Waals surface area contributed by atoms with Crippen molar-refractivity contribution in [2.45, 2.75) is 84.5 Å². The number of unbranched alkanes of at least 4 members (excludes halogenated alkanes) is 6. The van der Waals surface area contributed by atoms with Crippen LogP contribution < -0.4 is 0 Å². The summed E-state index contributed by atoms with van der Waals surface area (Å²) >= 11 is 0. The molecule has 0 aromatic heterocycles. The molecule has 0 aliphatic carbocycles. The highest BCUT2D eigenvalue weighted by Gasteiger charge is 2.25. The quantitative estimate of drug-likeness (QED) is 0.142. The molecular formula is C29H68N4+4. The third-order valence-corrected chi connectivity index (χ3v) is 7.55. The van der Waals surface area contributed by atoms with Crippen molar-refractivity contribution in [3.8, 4) is 0 Å². The number of nitrogens with zero attached hydrogens (tertiary/aromatic N) is 4. The summed E-state index contributed by atoms with van der Waals surface area (Å²) in [6, 6.07) is 0. The molecule has 0 rings (SSSR count). The van der Waals surface area contributed by atoms with Gasteiger partial charge in [0.15, 0.2) is 0 Å². The first-order valence-corrected chi connectivity index (χ1v) is 14.5. The van der Waals surface area contributed by atoms with Crippen LogP contribution in [0.15, 0.2) is 0 Å². The van der Waals surface area contributed by atoms with E-state index in [1.165, 1.54) is 132 Å². The van der Waals surface area contributed by atoms with E-state index in [4.69, 9.17) is 0 Å². The van der Waals surface area contributed by atoms with Gasteiger partial charge in [0.05, 0.1) is 109 Å². The molecule has 33 heavy (non-hydrogen) atoms. The van der Waals surface area contributed by atoms with Crippen LogP contribution in [0.4, 0.5) is 0 Å². The lowest BCUT2D eigenvalue weighted by molar-refractivity contribution is -0.928. The van der Waals surface area contributed by atoms with Gasteiger partial charge in [0.25, 0.3) is 0 Å². The molecule has 4 heteroatoms. The minimum atomic E-state index is 1.10. The number of hydrogen-bond donors (Lipinski definition) is 0. The summed E-state index contributed by atoms with van der Waals surface area (Å²) in [5.41, 5.74) is 0. The Morgan fingerprint density at radius 1 is 0.303 bits per heavy atom.